The number of nitrogens with zero attached hydrogens (tertiary/aromatic N) is 3. The molecule has 0 aromatic carbocycles. The monoisotopic (exact) mass is 261 g/mol. The number of aromatic nitrogens is 1. The SMILES string of the molecule is CNC(Cc1cccnc1N)C1CN2CCN1CC2. The molecule has 0 amide bonds. The van der Waals surface area contributed by atoms with E-state index < -0.39 is 0 Å². The second kappa shape index (κ2) is 5.45. The van der Waals surface area contributed by atoms with Gasteiger partial charge in [0.1, 0.15) is 5.82 Å². The standard InChI is InChI=1S/C14H23N5/c1-16-12(9-11-3-2-4-17-14(11)15)13-10-18-5-7-19(13)8-6-18/h2-4,12-13,16H,5-10H2,1H3,(H2,15,17). The quantitative estimate of drug-likeness (QED) is 0.786. The van der Waals surface area contributed by atoms with Gasteiger partial charge in [0.05, 0.1) is 0 Å². The van der Waals surface area contributed by atoms with Crippen molar-refractivity contribution in [2.45, 2.75) is 18.5 Å². The van der Waals surface area contributed by atoms with E-state index in [1.165, 1.54) is 32.7 Å². The van der Waals surface area contributed by atoms with Crippen molar-refractivity contribution < 1.29 is 0 Å². The summed E-state index contributed by atoms with van der Waals surface area (Å²) < 4.78 is 0. The third kappa shape index (κ3) is 2.59. The molecule has 0 aliphatic carbocycles. The molecule has 3 saturated heterocycles. The van der Waals surface area contributed by atoms with Crippen LogP contribution in [0.4, 0.5) is 5.82 Å². The van der Waals surface area contributed by atoms with E-state index in [4.69, 9.17) is 5.73 Å². The first-order valence-electron chi connectivity index (χ1n) is 7.11. The van der Waals surface area contributed by atoms with Gasteiger partial charge in [-0.25, -0.2) is 4.98 Å². The number of nitrogen functional groups attached to an aromatic ring is 1. The molecule has 4 rings (SSSR count). The molecule has 4 heterocycles. The fourth-order valence-corrected chi connectivity index (χ4v) is 3.33. The molecule has 2 unspecified atom stereocenters. The normalized spacial score (nSPS) is 31.3. The van der Waals surface area contributed by atoms with E-state index >= 15 is 0 Å². The molecule has 3 aliphatic heterocycles. The lowest BCUT2D eigenvalue weighted by Crippen LogP contribution is -2.66. The minimum absolute atomic E-state index is 0.439. The van der Waals surface area contributed by atoms with E-state index in [0.29, 0.717) is 17.9 Å². The summed E-state index contributed by atoms with van der Waals surface area (Å²) in [5.41, 5.74) is 7.12. The van der Waals surface area contributed by atoms with Gasteiger partial charge in [-0.1, -0.05) is 6.07 Å². The van der Waals surface area contributed by atoms with Crippen molar-refractivity contribution in [2.75, 3.05) is 45.5 Å². The third-order valence-corrected chi connectivity index (χ3v) is 4.52. The molecule has 0 spiro atoms. The number of piperazine rings is 3. The summed E-state index contributed by atoms with van der Waals surface area (Å²) in [6, 6.07) is 5.08. The van der Waals surface area contributed by atoms with Gasteiger partial charge >= 0.3 is 0 Å². The Bertz CT molecular complexity index is 428. The molecule has 3 aliphatic rings. The van der Waals surface area contributed by atoms with Crippen LogP contribution in [0.25, 0.3) is 0 Å². The van der Waals surface area contributed by atoms with Crippen molar-refractivity contribution in [2.24, 2.45) is 0 Å². The van der Waals surface area contributed by atoms with Crippen molar-refractivity contribution in [1.29, 1.82) is 0 Å². The van der Waals surface area contributed by atoms with Gasteiger partial charge in [0, 0.05) is 51.0 Å². The Labute approximate surface area is 114 Å². The first kappa shape index (κ1) is 12.8. The molecule has 5 nitrogen and oxygen atoms in total. The molecule has 2 atom stereocenters. The average molecular weight is 261 g/mol. The fourth-order valence-electron chi connectivity index (χ4n) is 3.33. The maximum Gasteiger partial charge on any atom is 0.126 e. The van der Waals surface area contributed by atoms with Crippen molar-refractivity contribution in [3.05, 3.63) is 23.9 Å². The zero-order chi connectivity index (χ0) is 13.2. The highest BCUT2D eigenvalue weighted by Gasteiger charge is 2.36. The van der Waals surface area contributed by atoms with Crippen LogP contribution in [0.2, 0.25) is 0 Å². The molecule has 19 heavy (non-hydrogen) atoms. The maximum absolute atomic E-state index is 5.97. The van der Waals surface area contributed by atoms with Gasteiger partial charge in [-0.3, -0.25) is 9.80 Å². The zero-order valence-electron chi connectivity index (χ0n) is 11.5. The summed E-state index contributed by atoms with van der Waals surface area (Å²) in [6.07, 6.45) is 2.70. The number of hydrogen-bond donors (Lipinski definition) is 2. The van der Waals surface area contributed by atoms with Crippen LogP contribution in [-0.2, 0) is 6.42 Å². The van der Waals surface area contributed by atoms with Gasteiger partial charge < -0.3 is 11.1 Å². The number of nitrogens with one attached hydrogen (secondary N) is 1. The number of pyridine rings is 1. The van der Waals surface area contributed by atoms with Crippen molar-refractivity contribution in [1.82, 2.24) is 20.1 Å². The van der Waals surface area contributed by atoms with Crippen LogP contribution in [0.15, 0.2) is 18.3 Å². The zero-order valence-corrected chi connectivity index (χ0v) is 11.5. The molecule has 1 aromatic rings. The van der Waals surface area contributed by atoms with E-state index in [2.05, 4.69) is 33.2 Å². The van der Waals surface area contributed by atoms with E-state index in [0.717, 1.165) is 12.0 Å². The Balaban J connectivity index is 1.73. The lowest BCUT2D eigenvalue weighted by molar-refractivity contribution is -0.00200. The predicted molar refractivity (Wildman–Crippen MR) is 77.0 cm³/mol. The predicted octanol–water partition coefficient (Wildman–Crippen LogP) is -0.206. The molecule has 104 valence electrons. The van der Waals surface area contributed by atoms with Gasteiger partial charge in [-0.05, 0) is 25.1 Å². The summed E-state index contributed by atoms with van der Waals surface area (Å²) in [5.74, 6) is 0.666. The summed E-state index contributed by atoms with van der Waals surface area (Å²) >= 11 is 0. The first-order chi connectivity index (χ1) is 9.28. The molecule has 0 saturated carbocycles. The van der Waals surface area contributed by atoms with Crippen LogP contribution < -0.4 is 11.1 Å². The Kier molecular flexibility index (Phi) is 3.68. The largest absolute Gasteiger partial charge is 0.383 e. The number of likely N-dealkylation sites (N-methyl/N-ethyl adjacent to an activating group) is 1. The number of anilines is 1. The Morgan fingerprint density at radius 1 is 1.42 bits per heavy atom. The van der Waals surface area contributed by atoms with Crippen LogP contribution in [-0.4, -0.2) is 66.6 Å². The second-order valence-electron chi connectivity index (χ2n) is 5.55. The summed E-state index contributed by atoms with van der Waals surface area (Å²) in [7, 11) is 2.05. The van der Waals surface area contributed by atoms with Crippen LogP contribution >= 0.6 is 0 Å². The van der Waals surface area contributed by atoms with Gasteiger partial charge in [0.25, 0.3) is 0 Å². The van der Waals surface area contributed by atoms with Gasteiger partial charge in [0.15, 0.2) is 0 Å². The number of rotatable bonds is 4. The maximum atomic E-state index is 5.97. The highest BCUT2D eigenvalue weighted by Crippen LogP contribution is 2.21. The fraction of sp³-hybridized carbons (Fsp3) is 0.643. The second-order valence-corrected chi connectivity index (χ2v) is 5.55. The van der Waals surface area contributed by atoms with Gasteiger partial charge in [-0.2, -0.15) is 0 Å². The number of hydrogen-bond acceptors (Lipinski definition) is 5. The summed E-state index contributed by atoms with van der Waals surface area (Å²) in [5, 5.41) is 3.48. The molecular weight excluding hydrogens is 238 g/mol. The molecule has 3 fully saturated rings. The Hall–Kier alpha value is -1.17. The summed E-state index contributed by atoms with van der Waals surface area (Å²) in [4.78, 5) is 9.38. The highest BCUT2D eigenvalue weighted by molar-refractivity contribution is 5.39. The third-order valence-electron chi connectivity index (χ3n) is 4.52. The smallest absolute Gasteiger partial charge is 0.126 e. The Morgan fingerprint density at radius 2 is 2.21 bits per heavy atom. The first-order valence-corrected chi connectivity index (χ1v) is 7.11. The van der Waals surface area contributed by atoms with Crippen molar-refractivity contribution >= 4 is 5.82 Å². The van der Waals surface area contributed by atoms with Crippen LogP contribution in [0.3, 0.4) is 0 Å². The van der Waals surface area contributed by atoms with Gasteiger partial charge in [-0.15, -0.1) is 0 Å². The van der Waals surface area contributed by atoms with Crippen LogP contribution in [0.5, 0.6) is 0 Å². The van der Waals surface area contributed by atoms with E-state index in [-0.39, 0.29) is 0 Å². The Morgan fingerprint density at radius 3 is 2.79 bits per heavy atom. The van der Waals surface area contributed by atoms with Crippen LogP contribution in [0.1, 0.15) is 5.56 Å². The number of fused-ring (bicyclic) bond motifs is 3. The van der Waals surface area contributed by atoms with Gasteiger partial charge in [0.2, 0.25) is 0 Å². The molecule has 2 bridgehead atoms. The lowest BCUT2D eigenvalue weighted by Gasteiger charge is -2.50. The lowest BCUT2D eigenvalue weighted by atomic mass is 9.94. The average Bonchev–Trinajstić information content (AvgIpc) is 2.47. The molecule has 5 heteroatoms. The van der Waals surface area contributed by atoms with E-state index in [1.807, 2.05) is 6.07 Å². The number of nitrogens with two attached hydrogens (primary N) is 1. The molecule has 0 radical (unpaired) electrons. The molecule has 3 N–H and O–H groups in total. The minimum Gasteiger partial charge on any atom is -0.383 e. The van der Waals surface area contributed by atoms with Crippen LogP contribution in [0, 0.1) is 0 Å². The summed E-state index contributed by atoms with van der Waals surface area (Å²) in [6.45, 7) is 6.02. The van der Waals surface area contributed by atoms with Crippen molar-refractivity contribution in [3.63, 3.8) is 0 Å². The van der Waals surface area contributed by atoms with Crippen molar-refractivity contribution in [3.8, 4) is 0 Å². The highest BCUT2D eigenvalue weighted by atomic mass is 15.4. The van der Waals surface area contributed by atoms with E-state index in [9.17, 15) is 0 Å². The molecular formula is C14H23N5. The molecule has 1 aromatic heterocycles. The topological polar surface area (TPSA) is 57.4 Å². The van der Waals surface area contributed by atoms with E-state index in [1.54, 1.807) is 6.20 Å². The minimum atomic E-state index is 0.439.